The maximum Gasteiger partial charge on any atom is 0.387 e. The van der Waals surface area contributed by atoms with Gasteiger partial charge in [0.2, 0.25) is 0 Å². The van der Waals surface area contributed by atoms with Crippen molar-refractivity contribution in [1.29, 1.82) is 0 Å². The van der Waals surface area contributed by atoms with Crippen LogP contribution < -0.4 is 4.74 Å². The SMILES string of the molecule is CS(=O)(=O)Cc1ccc(-c2cn3c4c(nc3cc2F)CCOC4)cn1.FC(F)Oc1ccccc1. The van der Waals surface area contributed by atoms with Gasteiger partial charge in [-0.3, -0.25) is 4.98 Å². The first-order valence-electron chi connectivity index (χ1n) is 10.6. The number of imidazole rings is 1. The molecule has 184 valence electrons. The van der Waals surface area contributed by atoms with E-state index < -0.39 is 22.3 Å². The molecule has 5 rings (SSSR count). The lowest BCUT2D eigenvalue weighted by atomic mass is 10.1. The quantitative estimate of drug-likeness (QED) is 0.399. The Hall–Kier alpha value is -3.44. The summed E-state index contributed by atoms with van der Waals surface area (Å²) in [7, 11) is -3.16. The number of ether oxygens (including phenoxy) is 2. The Balaban J connectivity index is 0.000000243. The van der Waals surface area contributed by atoms with Gasteiger partial charge >= 0.3 is 6.61 Å². The molecule has 1 aromatic carbocycles. The highest BCUT2D eigenvalue weighted by atomic mass is 32.2. The number of benzene rings is 1. The molecule has 1 aliphatic heterocycles. The van der Waals surface area contributed by atoms with Crippen LogP contribution in [0.1, 0.15) is 17.1 Å². The standard InChI is InChI=1S/C17H16FN3O3S.C7H6F2O/c1-25(22,23)10-12-3-2-11(7-19-12)13-8-21-16-9-24-5-4-15(16)20-17(21)6-14(13)18;8-7(9)10-6-4-2-1-3-5-6/h2-3,6-8H,4-5,9-10H2,1H3;1-5,7H. The van der Waals surface area contributed by atoms with Crippen molar-refractivity contribution in [3.05, 3.63) is 83.8 Å². The number of aromatic nitrogens is 3. The third-order valence-corrected chi connectivity index (χ3v) is 5.95. The Labute approximate surface area is 200 Å². The fraction of sp³-hybridized carbons (Fsp3) is 0.250. The van der Waals surface area contributed by atoms with Gasteiger partial charge in [-0.2, -0.15) is 8.78 Å². The normalized spacial score (nSPS) is 13.3. The van der Waals surface area contributed by atoms with Crippen LogP contribution in [0.3, 0.4) is 0 Å². The van der Waals surface area contributed by atoms with E-state index in [9.17, 15) is 21.6 Å². The fourth-order valence-electron chi connectivity index (χ4n) is 3.60. The van der Waals surface area contributed by atoms with Gasteiger partial charge in [-0.25, -0.2) is 17.8 Å². The predicted octanol–water partition coefficient (Wildman–Crippen LogP) is 4.44. The molecule has 3 aromatic heterocycles. The lowest BCUT2D eigenvalue weighted by molar-refractivity contribution is -0.0498. The summed E-state index contributed by atoms with van der Waals surface area (Å²) in [4.78, 5) is 8.61. The lowest BCUT2D eigenvalue weighted by Crippen LogP contribution is -2.10. The number of rotatable bonds is 5. The molecule has 0 fully saturated rings. The molecule has 35 heavy (non-hydrogen) atoms. The zero-order chi connectivity index (χ0) is 25.0. The summed E-state index contributed by atoms with van der Waals surface area (Å²) < 4.78 is 71.6. The van der Waals surface area contributed by atoms with Gasteiger partial charge in [-0.1, -0.05) is 24.3 Å². The highest BCUT2D eigenvalue weighted by Crippen LogP contribution is 2.27. The first-order valence-corrected chi connectivity index (χ1v) is 12.7. The average Bonchev–Trinajstić information content (AvgIpc) is 3.16. The fourth-order valence-corrected chi connectivity index (χ4v) is 4.31. The highest BCUT2D eigenvalue weighted by Gasteiger charge is 2.19. The van der Waals surface area contributed by atoms with Gasteiger partial charge in [-0.05, 0) is 18.2 Å². The highest BCUT2D eigenvalue weighted by molar-refractivity contribution is 7.89. The molecule has 0 atom stereocenters. The van der Waals surface area contributed by atoms with Gasteiger partial charge in [0, 0.05) is 42.3 Å². The van der Waals surface area contributed by atoms with Crippen molar-refractivity contribution in [2.75, 3.05) is 12.9 Å². The van der Waals surface area contributed by atoms with Gasteiger partial charge in [0.05, 0.1) is 36.0 Å². The molecule has 11 heteroatoms. The second-order valence-corrected chi connectivity index (χ2v) is 10.0. The van der Waals surface area contributed by atoms with Crippen molar-refractivity contribution in [3.8, 4) is 16.9 Å². The number of hydrogen-bond donors (Lipinski definition) is 0. The Morgan fingerprint density at radius 3 is 2.60 bits per heavy atom. The molecule has 0 saturated carbocycles. The topological polar surface area (TPSA) is 82.8 Å². The van der Waals surface area contributed by atoms with Crippen LogP contribution in [0.2, 0.25) is 0 Å². The third kappa shape index (κ3) is 6.37. The molecule has 0 spiro atoms. The van der Waals surface area contributed by atoms with E-state index in [4.69, 9.17) is 4.74 Å². The molecule has 0 radical (unpaired) electrons. The van der Waals surface area contributed by atoms with Crippen LogP contribution in [0, 0.1) is 5.82 Å². The van der Waals surface area contributed by atoms with Crippen molar-refractivity contribution >= 4 is 15.5 Å². The zero-order valence-corrected chi connectivity index (χ0v) is 19.5. The van der Waals surface area contributed by atoms with E-state index in [2.05, 4.69) is 14.7 Å². The monoisotopic (exact) mass is 505 g/mol. The summed E-state index contributed by atoms with van der Waals surface area (Å²) in [5.41, 5.74) is 3.82. The van der Waals surface area contributed by atoms with E-state index in [1.807, 2.05) is 4.40 Å². The van der Waals surface area contributed by atoms with Crippen molar-refractivity contribution in [3.63, 3.8) is 0 Å². The van der Waals surface area contributed by atoms with Crippen LogP contribution in [0.15, 0.2) is 60.9 Å². The second kappa shape index (κ2) is 10.4. The molecular weight excluding hydrogens is 483 g/mol. The molecule has 0 amide bonds. The molecule has 0 saturated heterocycles. The summed E-state index contributed by atoms with van der Waals surface area (Å²) in [5.74, 6) is -0.341. The average molecular weight is 506 g/mol. The summed E-state index contributed by atoms with van der Waals surface area (Å²) >= 11 is 0. The van der Waals surface area contributed by atoms with Crippen molar-refractivity contribution in [1.82, 2.24) is 14.4 Å². The predicted molar refractivity (Wildman–Crippen MR) is 123 cm³/mol. The number of para-hydroxylation sites is 1. The number of hydrogen-bond acceptors (Lipinski definition) is 6. The van der Waals surface area contributed by atoms with E-state index in [0.717, 1.165) is 24.1 Å². The summed E-state index contributed by atoms with van der Waals surface area (Å²) in [6.07, 6.45) is 5.05. The molecule has 7 nitrogen and oxygen atoms in total. The van der Waals surface area contributed by atoms with Crippen LogP contribution in [0.25, 0.3) is 16.8 Å². The zero-order valence-electron chi connectivity index (χ0n) is 18.7. The number of fused-ring (bicyclic) bond motifs is 3. The van der Waals surface area contributed by atoms with Crippen molar-refractivity contribution < 1.29 is 31.1 Å². The third-order valence-electron chi connectivity index (χ3n) is 5.13. The maximum absolute atomic E-state index is 14.5. The van der Waals surface area contributed by atoms with E-state index in [0.29, 0.717) is 35.7 Å². The van der Waals surface area contributed by atoms with Crippen LogP contribution in [-0.2, 0) is 33.4 Å². The Morgan fingerprint density at radius 1 is 1.17 bits per heavy atom. The van der Waals surface area contributed by atoms with Gasteiger partial charge in [0.15, 0.2) is 9.84 Å². The van der Waals surface area contributed by atoms with Gasteiger partial charge in [0.1, 0.15) is 17.2 Å². The minimum absolute atomic E-state index is 0.138. The minimum atomic E-state index is -3.16. The maximum atomic E-state index is 14.5. The largest absolute Gasteiger partial charge is 0.435 e. The van der Waals surface area contributed by atoms with E-state index >= 15 is 0 Å². The Morgan fingerprint density at radius 2 is 1.94 bits per heavy atom. The minimum Gasteiger partial charge on any atom is -0.435 e. The van der Waals surface area contributed by atoms with Crippen LogP contribution in [0.5, 0.6) is 5.75 Å². The van der Waals surface area contributed by atoms with E-state index in [1.54, 1.807) is 36.5 Å². The summed E-state index contributed by atoms with van der Waals surface area (Å²) in [6.45, 7) is -1.66. The first-order chi connectivity index (χ1) is 16.7. The molecule has 4 heterocycles. The molecular formula is C24H22F3N3O4S. The Bertz CT molecular complexity index is 1410. The molecule has 0 N–H and O–H groups in total. The van der Waals surface area contributed by atoms with Gasteiger partial charge < -0.3 is 13.9 Å². The molecule has 0 unspecified atom stereocenters. The number of sulfone groups is 1. The Kier molecular flexibility index (Phi) is 7.37. The number of pyridine rings is 2. The van der Waals surface area contributed by atoms with Crippen LogP contribution in [0.4, 0.5) is 13.2 Å². The number of halogens is 3. The van der Waals surface area contributed by atoms with Crippen molar-refractivity contribution in [2.24, 2.45) is 0 Å². The number of nitrogens with zero attached hydrogens (tertiary/aromatic N) is 3. The van der Waals surface area contributed by atoms with Crippen LogP contribution >= 0.6 is 0 Å². The molecule has 0 aliphatic carbocycles. The van der Waals surface area contributed by atoms with Gasteiger partial charge in [-0.15, -0.1) is 0 Å². The number of alkyl halides is 2. The smallest absolute Gasteiger partial charge is 0.387 e. The first kappa shape index (κ1) is 24.7. The summed E-state index contributed by atoms with van der Waals surface area (Å²) in [6, 6.07) is 12.6. The van der Waals surface area contributed by atoms with Crippen LogP contribution in [-0.4, -0.2) is 42.3 Å². The van der Waals surface area contributed by atoms with E-state index in [-0.39, 0.29) is 11.5 Å². The molecule has 4 aromatic rings. The lowest BCUT2D eigenvalue weighted by Gasteiger charge is -2.12. The van der Waals surface area contributed by atoms with Gasteiger partial charge in [0.25, 0.3) is 0 Å². The summed E-state index contributed by atoms with van der Waals surface area (Å²) in [5, 5.41) is 0. The second-order valence-electron chi connectivity index (χ2n) is 7.87. The van der Waals surface area contributed by atoms with E-state index in [1.165, 1.54) is 24.4 Å². The molecule has 0 bridgehead atoms. The van der Waals surface area contributed by atoms with Crippen molar-refractivity contribution in [2.45, 2.75) is 25.4 Å². The molecule has 1 aliphatic rings.